The average Bonchev–Trinajstić information content (AvgIpc) is 3.61. The first kappa shape index (κ1) is 25.8. The lowest BCUT2D eigenvalue weighted by Crippen LogP contribution is -2.54. The normalized spacial score (nSPS) is 21.5. The number of likely N-dealkylation sites (tertiary alicyclic amines) is 1. The first-order chi connectivity index (χ1) is 18.4. The van der Waals surface area contributed by atoms with Crippen molar-refractivity contribution in [3.05, 3.63) is 39.5 Å². The number of hydrogen-bond acceptors (Lipinski definition) is 8. The molecule has 0 N–H and O–H groups in total. The third kappa shape index (κ3) is 5.08. The van der Waals surface area contributed by atoms with E-state index < -0.39 is 0 Å². The Morgan fingerprint density at radius 3 is 2.68 bits per heavy atom. The molecule has 2 aromatic heterocycles. The molecule has 0 spiro atoms. The molecule has 3 aliphatic rings. The molecule has 3 fully saturated rings. The molecular weight excluding hydrogens is 525 g/mol. The van der Waals surface area contributed by atoms with Crippen molar-refractivity contribution in [1.82, 2.24) is 29.9 Å². The van der Waals surface area contributed by atoms with Gasteiger partial charge in [0.05, 0.1) is 24.9 Å². The first-order valence-electron chi connectivity index (χ1n) is 13.6. The number of anilines is 1. The van der Waals surface area contributed by atoms with Gasteiger partial charge < -0.3 is 9.64 Å². The second-order valence-electron chi connectivity index (χ2n) is 10.8. The molecule has 1 aromatic carbocycles. The van der Waals surface area contributed by atoms with Gasteiger partial charge in [-0.15, -0.1) is 5.10 Å². The van der Waals surface area contributed by atoms with Gasteiger partial charge in [-0.05, 0) is 75.6 Å². The number of esters is 1. The fourth-order valence-corrected chi connectivity index (χ4v) is 6.40. The number of carbonyl (C=O) groups is 1. The van der Waals surface area contributed by atoms with Crippen molar-refractivity contribution >= 4 is 46.3 Å². The second kappa shape index (κ2) is 10.6. The van der Waals surface area contributed by atoms with E-state index >= 15 is 0 Å². The smallest absolute Gasteiger partial charge is 0.320 e. The standard InChI is InChI=1S/C27H33Cl2N7O2/c1-3-38-23(37)15-34-10-4-5-18(12-34)19-13-35(14-19)27-30-24(17-6-7-17)25-26(31-27)36(33-32-25)16(2)21-9-8-20(28)11-22(21)29/h8-9,11,16-19H,3-7,10,12-15H2,1-2H3/t16-,18+/m1/s1. The Bertz CT molecular complexity index is 1340. The van der Waals surface area contributed by atoms with Gasteiger partial charge in [0, 0.05) is 35.6 Å². The van der Waals surface area contributed by atoms with Crippen LogP contribution in [0.5, 0.6) is 0 Å². The van der Waals surface area contributed by atoms with Gasteiger partial charge in [-0.2, -0.15) is 4.98 Å². The molecule has 4 heterocycles. The molecular formula is C27H33Cl2N7O2. The largest absolute Gasteiger partial charge is 0.465 e. The minimum absolute atomic E-state index is 0.128. The Kier molecular flexibility index (Phi) is 7.18. The highest BCUT2D eigenvalue weighted by Crippen LogP contribution is 2.43. The number of nitrogens with zero attached hydrogens (tertiary/aromatic N) is 7. The summed E-state index contributed by atoms with van der Waals surface area (Å²) < 4.78 is 7.01. The van der Waals surface area contributed by atoms with Crippen molar-refractivity contribution in [2.45, 2.75) is 51.5 Å². The van der Waals surface area contributed by atoms with Crippen LogP contribution in [0.3, 0.4) is 0 Å². The maximum Gasteiger partial charge on any atom is 0.320 e. The summed E-state index contributed by atoms with van der Waals surface area (Å²) in [7, 11) is 0. The van der Waals surface area contributed by atoms with Gasteiger partial charge in [0.2, 0.25) is 5.95 Å². The van der Waals surface area contributed by atoms with Crippen LogP contribution in [0.2, 0.25) is 10.0 Å². The van der Waals surface area contributed by atoms with E-state index in [1.807, 2.05) is 30.7 Å². The van der Waals surface area contributed by atoms with Crippen molar-refractivity contribution in [2.24, 2.45) is 11.8 Å². The van der Waals surface area contributed by atoms with Crippen LogP contribution in [-0.4, -0.2) is 75.2 Å². The Hall–Kier alpha value is -2.49. The summed E-state index contributed by atoms with van der Waals surface area (Å²) in [6.07, 6.45) is 4.56. The molecule has 202 valence electrons. The van der Waals surface area contributed by atoms with E-state index in [1.54, 1.807) is 6.07 Å². The van der Waals surface area contributed by atoms with Gasteiger partial charge in [-0.1, -0.05) is 34.5 Å². The number of aromatic nitrogens is 5. The van der Waals surface area contributed by atoms with Crippen LogP contribution in [-0.2, 0) is 9.53 Å². The van der Waals surface area contributed by atoms with Crippen molar-refractivity contribution in [3.8, 4) is 0 Å². The number of fused-ring (bicyclic) bond motifs is 1. The van der Waals surface area contributed by atoms with Gasteiger partial charge >= 0.3 is 5.97 Å². The zero-order chi connectivity index (χ0) is 26.4. The lowest BCUT2D eigenvalue weighted by Gasteiger charge is -2.46. The van der Waals surface area contributed by atoms with Gasteiger partial charge in [0.1, 0.15) is 0 Å². The third-order valence-electron chi connectivity index (χ3n) is 8.14. The highest BCUT2D eigenvalue weighted by molar-refractivity contribution is 6.35. The summed E-state index contributed by atoms with van der Waals surface area (Å²) in [5.74, 6) is 2.19. The summed E-state index contributed by atoms with van der Waals surface area (Å²) in [6.45, 7) is 8.47. The Morgan fingerprint density at radius 2 is 1.95 bits per heavy atom. The molecule has 6 rings (SSSR count). The van der Waals surface area contributed by atoms with E-state index in [0.717, 1.165) is 73.8 Å². The minimum atomic E-state index is -0.156. The van der Waals surface area contributed by atoms with Crippen molar-refractivity contribution in [1.29, 1.82) is 0 Å². The molecule has 1 aliphatic carbocycles. The zero-order valence-electron chi connectivity index (χ0n) is 21.8. The molecule has 2 saturated heterocycles. The molecule has 0 unspecified atom stereocenters. The highest BCUT2D eigenvalue weighted by Gasteiger charge is 2.39. The molecule has 3 aromatic rings. The summed E-state index contributed by atoms with van der Waals surface area (Å²) >= 11 is 12.6. The Labute approximate surface area is 232 Å². The quantitative estimate of drug-likeness (QED) is 0.367. The van der Waals surface area contributed by atoms with E-state index in [9.17, 15) is 4.79 Å². The van der Waals surface area contributed by atoms with E-state index in [0.29, 0.717) is 41.0 Å². The molecule has 2 atom stereocenters. The first-order valence-corrected chi connectivity index (χ1v) is 14.4. The molecule has 0 bridgehead atoms. The summed E-state index contributed by atoms with van der Waals surface area (Å²) in [6, 6.07) is 5.37. The fourth-order valence-electron chi connectivity index (χ4n) is 5.84. The van der Waals surface area contributed by atoms with Crippen LogP contribution in [0.1, 0.15) is 62.7 Å². The Morgan fingerprint density at radius 1 is 1.13 bits per heavy atom. The lowest BCUT2D eigenvalue weighted by molar-refractivity contribution is -0.145. The molecule has 11 heteroatoms. The third-order valence-corrected chi connectivity index (χ3v) is 8.70. The SMILES string of the molecule is CCOC(=O)CN1CCC[C@H](C2CN(c3nc(C4CC4)c4nnn([C@H](C)c5ccc(Cl)cc5Cl)c4n3)C2)C1. The van der Waals surface area contributed by atoms with Crippen molar-refractivity contribution < 1.29 is 9.53 Å². The number of hydrogen-bond donors (Lipinski definition) is 0. The fraction of sp³-hybridized carbons (Fsp3) is 0.593. The number of rotatable bonds is 8. The van der Waals surface area contributed by atoms with Crippen LogP contribution in [0.25, 0.3) is 11.2 Å². The van der Waals surface area contributed by atoms with Crippen molar-refractivity contribution in [3.63, 3.8) is 0 Å². The Balaban J connectivity index is 1.21. The summed E-state index contributed by atoms with van der Waals surface area (Å²) in [4.78, 5) is 26.5. The molecule has 2 aliphatic heterocycles. The van der Waals surface area contributed by atoms with Gasteiger partial charge in [0.15, 0.2) is 11.2 Å². The zero-order valence-corrected chi connectivity index (χ0v) is 23.3. The summed E-state index contributed by atoms with van der Waals surface area (Å²) in [5.41, 5.74) is 3.46. The number of carbonyl (C=O) groups excluding carboxylic acids is 1. The van der Waals surface area contributed by atoms with Gasteiger partial charge in [-0.3, -0.25) is 9.69 Å². The number of benzene rings is 1. The summed E-state index contributed by atoms with van der Waals surface area (Å²) in [5, 5.41) is 10.2. The van der Waals surface area contributed by atoms with E-state index in [2.05, 4.69) is 20.1 Å². The maximum atomic E-state index is 12.0. The molecule has 1 saturated carbocycles. The second-order valence-corrected chi connectivity index (χ2v) is 11.7. The topological polar surface area (TPSA) is 89.3 Å². The molecule has 0 amide bonds. The van der Waals surface area contributed by atoms with Crippen molar-refractivity contribution in [2.75, 3.05) is 44.2 Å². The predicted octanol–water partition coefficient (Wildman–Crippen LogP) is 4.73. The molecule has 38 heavy (non-hydrogen) atoms. The monoisotopic (exact) mass is 557 g/mol. The van der Waals surface area contributed by atoms with Gasteiger partial charge in [0.25, 0.3) is 0 Å². The van der Waals surface area contributed by atoms with Crippen LogP contribution in [0.4, 0.5) is 5.95 Å². The van der Waals surface area contributed by atoms with Gasteiger partial charge in [-0.25, -0.2) is 9.67 Å². The van der Waals surface area contributed by atoms with Crippen LogP contribution >= 0.6 is 23.2 Å². The van der Waals surface area contributed by atoms with Crippen LogP contribution < -0.4 is 4.90 Å². The van der Waals surface area contributed by atoms with E-state index in [-0.39, 0.29) is 12.0 Å². The molecule has 9 nitrogen and oxygen atoms in total. The van der Waals surface area contributed by atoms with Crippen LogP contribution in [0.15, 0.2) is 18.2 Å². The predicted molar refractivity (Wildman–Crippen MR) is 147 cm³/mol. The average molecular weight is 559 g/mol. The van der Waals surface area contributed by atoms with E-state index in [4.69, 9.17) is 37.9 Å². The van der Waals surface area contributed by atoms with Crippen LogP contribution in [0, 0.1) is 11.8 Å². The minimum Gasteiger partial charge on any atom is -0.465 e. The molecule has 0 radical (unpaired) electrons. The lowest BCUT2D eigenvalue weighted by atomic mass is 9.81. The number of ether oxygens (including phenoxy) is 1. The maximum absolute atomic E-state index is 12.0. The van der Waals surface area contributed by atoms with E-state index in [1.165, 1.54) is 6.42 Å². The number of halogens is 2. The number of piperidine rings is 1. The highest BCUT2D eigenvalue weighted by atomic mass is 35.5.